The standard InChI is InChI=1S/C13H26O3Si/c1-4-13-11-9-7-5-6-8-10-12-17(14-2,15-3)16-13/h4,13H,1,5-12H2,2-3H3. The van der Waals surface area contributed by atoms with E-state index in [1.807, 2.05) is 6.08 Å². The average molecular weight is 258 g/mol. The molecule has 1 aliphatic heterocycles. The van der Waals surface area contributed by atoms with Crippen LogP contribution in [0.15, 0.2) is 12.7 Å². The molecule has 1 heterocycles. The first-order valence-corrected chi connectivity index (χ1v) is 8.60. The van der Waals surface area contributed by atoms with Gasteiger partial charge in [0.2, 0.25) is 0 Å². The van der Waals surface area contributed by atoms with E-state index in [2.05, 4.69) is 6.58 Å². The lowest BCUT2D eigenvalue weighted by Gasteiger charge is -2.29. The Bertz CT molecular complexity index is 217. The Labute approximate surface area is 107 Å². The van der Waals surface area contributed by atoms with Crippen molar-refractivity contribution in [2.75, 3.05) is 14.2 Å². The Balaban J connectivity index is 2.66. The van der Waals surface area contributed by atoms with E-state index in [4.69, 9.17) is 13.3 Å². The van der Waals surface area contributed by atoms with Gasteiger partial charge in [-0.25, -0.2) is 0 Å². The Morgan fingerprint density at radius 3 is 2.24 bits per heavy atom. The van der Waals surface area contributed by atoms with Gasteiger partial charge in [0, 0.05) is 20.3 Å². The van der Waals surface area contributed by atoms with E-state index in [9.17, 15) is 0 Å². The van der Waals surface area contributed by atoms with Crippen molar-refractivity contribution in [3.05, 3.63) is 12.7 Å². The molecule has 4 heteroatoms. The Morgan fingerprint density at radius 1 is 1.06 bits per heavy atom. The molecule has 0 spiro atoms. The second-order valence-electron chi connectivity index (χ2n) is 4.64. The molecule has 1 fully saturated rings. The van der Waals surface area contributed by atoms with Crippen molar-refractivity contribution in [3.8, 4) is 0 Å². The van der Waals surface area contributed by atoms with E-state index in [-0.39, 0.29) is 6.10 Å². The summed E-state index contributed by atoms with van der Waals surface area (Å²) in [6.07, 6.45) is 10.5. The maximum Gasteiger partial charge on any atom is 0.500 e. The van der Waals surface area contributed by atoms with E-state index in [0.29, 0.717) is 0 Å². The Morgan fingerprint density at radius 2 is 1.65 bits per heavy atom. The fourth-order valence-corrected chi connectivity index (χ4v) is 4.54. The third-order valence-corrected chi connectivity index (χ3v) is 6.31. The van der Waals surface area contributed by atoms with Crippen LogP contribution in [-0.4, -0.2) is 29.1 Å². The number of hydrogen-bond acceptors (Lipinski definition) is 3. The van der Waals surface area contributed by atoms with Crippen LogP contribution in [0.2, 0.25) is 6.04 Å². The average Bonchev–Trinajstić information content (AvgIpc) is 2.42. The second kappa shape index (κ2) is 8.03. The van der Waals surface area contributed by atoms with Crippen molar-refractivity contribution in [1.29, 1.82) is 0 Å². The van der Waals surface area contributed by atoms with Crippen LogP contribution in [-0.2, 0) is 13.3 Å². The summed E-state index contributed by atoms with van der Waals surface area (Å²) in [4.78, 5) is 0. The quantitative estimate of drug-likeness (QED) is 0.572. The summed E-state index contributed by atoms with van der Waals surface area (Å²) in [6.45, 7) is 3.85. The first-order valence-electron chi connectivity index (χ1n) is 6.67. The van der Waals surface area contributed by atoms with Crippen molar-refractivity contribution in [2.45, 2.75) is 57.1 Å². The van der Waals surface area contributed by atoms with Crippen LogP contribution >= 0.6 is 0 Å². The molecular formula is C13H26O3Si. The molecule has 17 heavy (non-hydrogen) atoms. The van der Waals surface area contributed by atoms with Crippen LogP contribution < -0.4 is 0 Å². The van der Waals surface area contributed by atoms with E-state index in [0.717, 1.165) is 18.9 Å². The first kappa shape index (κ1) is 14.9. The summed E-state index contributed by atoms with van der Waals surface area (Å²) < 4.78 is 17.3. The summed E-state index contributed by atoms with van der Waals surface area (Å²) in [6, 6.07) is 0.921. The summed E-state index contributed by atoms with van der Waals surface area (Å²) in [5.41, 5.74) is 0. The number of rotatable bonds is 3. The summed E-state index contributed by atoms with van der Waals surface area (Å²) in [5.74, 6) is 0. The Hall–Kier alpha value is -0.163. The molecule has 100 valence electrons. The zero-order valence-electron chi connectivity index (χ0n) is 11.2. The second-order valence-corrected chi connectivity index (χ2v) is 7.56. The normalized spacial score (nSPS) is 27.1. The van der Waals surface area contributed by atoms with Gasteiger partial charge in [0.25, 0.3) is 0 Å². The molecule has 0 saturated carbocycles. The first-order chi connectivity index (χ1) is 8.26. The van der Waals surface area contributed by atoms with Crippen molar-refractivity contribution in [3.63, 3.8) is 0 Å². The zero-order valence-corrected chi connectivity index (χ0v) is 12.2. The van der Waals surface area contributed by atoms with Crippen molar-refractivity contribution >= 4 is 8.80 Å². The lowest BCUT2D eigenvalue weighted by atomic mass is 10.1. The molecule has 0 aromatic carbocycles. The van der Waals surface area contributed by atoms with Gasteiger partial charge in [0.1, 0.15) is 0 Å². The lowest BCUT2D eigenvalue weighted by Crippen LogP contribution is -2.46. The van der Waals surface area contributed by atoms with E-state index >= 15 is 0 Å². The largest absolute Gasteiger partial charge is 0.500 e. The maximum absolute atomic E-state index is 6.09. The Kier molecular flexibility index (Phi) is 7.04. The topological polar surface area (TPSA) is 27.7 Å². The van der Waals surface area contributed by atoms with Crippen LogP contribution in [0.25, 0.3) is 0 Å². The molecule has 1 atom stereocenters. The zero-order chi connectivity index (χ0) is 12.6. The fourth-order valence-electron chi connectivity index (χ4n) is 2.29. The molecule has 0 aromatic rings. The molecule has 1 rings (SSSR count). The lowest BCUT2D eigenvalue weighted by molar-refractivity contribution is 0.0694. The summed E-state index contributed by atoms with van der Waals surface area (Å²) in [7, 11) is 0.962. The predicted molar refractivity (Wildman–Crippen MR) is 72.0 cm³/mol. The predicted octanol–water partition coefficient (Wildman–Crippen LogP) is 3.53. The van der Waals surface area contributed by atoms with Gasteiger partial charge < -0.3 is 13.3 Å². The monoisotopic (exact) mass is 258 g/mol. The molecule has 1 saturated heterocycles. The van der Waals surface area contributed by atoms with Crippen LogP contribution in [0, 0.1) is 0 Å². The highest BCUT2D eigenvalue weighted by Crippen LogP contribution is 2.24. The third-order valence-electron chi connectivity index (χ3n) is 3.44. The molecule has 0 bridgehead atoms. The molecule has 0 radical (unpaired) electrons. The van der Waals surface area contributed by atoms with Gasteiger partial charge in [0.15, 0.2) is 0 Å². The van der Waals surface area contributed by atoms with Gasteiger partial charge >= 0.3 is 8.80 Å². The van der Waals surface area contributed by atoms with Gasteiger partial charge in [-0.15, -0.1) is 6.58 Å². The minimum atomic E-state index is -2.45. The van der Waals surface area contributed by atoms with Gasteiger partial charge in [-0.3, -0.25) is 0 Å². The highest BCUT2D eigenvalue weighted by Gasteiger charge is 2.40. The maximum atomic E-state index is 6.09. The summed E-state index contributed by atoms with van der Waals surface area (Å²) in [5, 5.41) is 0. The van der Waals surface area contributed by atoms with Gasteiger partial charge in [-0.05, 0) is 12.8 Å². The highest BCUT2D eigenvalue weighted by atomic mass is 28.4. The van der Waals surface area contributed by atoms with Crippen LogP contribution in [0.5, 0.6) is 0 Å². The molecule has 0 aliphatic carbocycles. The van der Waals surface area contributed by atoms with E-state index < -0.39 is 8.80 Å². The van der Waals surface area contributed by atoms with Crippen molar-refractivity contribution in [1.82, 2.24) is 0 Å². The minimum Gasteiger partial charge on any atom is -0.377 e. The highest BCUT2D eigenvalue weighted by molar-refractivity contribution is 6.60. The fraction of sp³-hybridized carbons (Fsp3) is 0.846. The molecule has 1 unspecified atom stereocenters. The molecule has 1 aliphatic rings. The molecule has 3 nitrogen and oxygen atoms in total. The van der Waals surface area contributed by atoms with Crippen molar-refractivity contribution in [2.24, 2.45) is 0 Å². The van der Waals surface area contributed by atoms with Gasteiger partial charge in [-0.1, -0.05) is 38.2 Å². The molecule has 0 aromatic heterocycles. The van der Waals surface area contributed by atoms with Crippen molar-refractivity contribution < 1.29 is 13.3 Å². The van der Waals surface area contributed by atoms with Crippen LogP contribution in [0.3, 0.4) is 0 Å². The van der Waals surface area contributed by atoms with Gasteiger partial charge in [-0.2, -0.15) is 0 Å². The van der Waals surface area contributed by atoms with Gasteiger partial charge in [0.05, 0.1) is 6.10 Å². The van der Waals surface area contributed by atoms with Crippen LogP contribution in [0.4, 0.5) is 0 Å². The van der Waals surface area contributed by atoms with E-state index in [1.165, 1.54) is 32.1 Å². The minimum absolute atomic E-state index is 0.0830. The molecule has 0 amide bonds. The van der Waals surface area contributed by atoms with E-state index in [1.54, 1.807) is 14.2 Å². The summed E-state index contributed by atoms with van der Waals surface area (Å²) >= 11 is 0. The molecular weight excluding hydrogens is 232 g/mol. The smallest absolute Gasteiger partial charge is 0.377 e. The third kappa shape index (κ3) is 4.92. The SMILES string of the molecule is C=CC1CCCCCCCC[Si](OC)(OC)O1. The molecule has 0 N–H and O–H groups in total. The number of hydrogen-bond donors (Lipinski definition) is 0. The van der Waals surface area contributed by atoms with Crippen LogP contribution in [0.1, 0.15) is 44.9 Å².